The Morgan fingerprint density at radius 2 is 2.06 bits per heavy atom. The molecule has 0 amide bonds. The molecule has 2 heterocycles. The second-order valence-corrected chi connectivity index (χ2v) is 5.23. The van der Waals surface area contributed by atoms with Crippen LogP contribution >= 0.6 is 0 Å². The van der Waals surface area contributed by atoms with Gasteiger partial charge in [-0.25, -0.2) is 0 Å². The average molecular weight is 252 g/mol. The van der Waals surface area contributed by atoms with Gasteiger partial charge in [-0.15, -0.1) is 0 Å². The van der Waals surface area contributed by atoms with Gasteiger partial charge >= 0.3 is 0 Å². The zero-order valence-electron chi connectivity index (χ0n) is 10.8. The predicted octanol–water partition coefficient (Wildman–Crippen LogP) is 1.79. The molecule has 1 spiro atoms. The van der Waals surface area contributed by atoms with E-state index in [0.29, 0.717) is 6.04 Å². The van der Waals surface area contributed by atoms with Crippen molar-refractivity contribution in [3.05, 3.63) is 18.0 Å². The van der Waals surface area contributed by atoms with Gasteiger partial charge in [-0.1, -0.05) is 5.16 Å². The molecule has 5 nitrogen and oxygen atoms in total. The van der Waals surface area contributed by atoms with Crippen molar-refractivity contribution >= 4 is 0 Å². The summed E-state index contributed by atoms with van der Waals surface area (Å²) in [5, 5.41) is 3.74. The summed E-state index contributed by atoms with van der Waals surface area (Å²) in [4.78, 5) is 2.34. The zero-order valence-corrected chi connectivity index (χ0v) is 10.8. The van der Waals surface area contributed by atoms with Gasteiger partial charge in [0.25, 0.3) is 0 Å². The molecule has 5 heteroatoms. The van der Waals surface area contributed by atoms with E-state index >= 15 is 0 Å². The van der Waals surface area contributed by atoms with E-state index in [-0.39, 0.29) is 5.79 Å². The van der Waals surface area contributed by atoms with Crippen molar-refractivity contribution in [3.8, 4) is 0 Å². The van der Waals surface area contributed by atoms with Crippen molar-refractivity contribution in [3.63, 3.8) is 0 Å². The smallest absolute Gasteiger partial charge is 0.168 e. The summed E-state index contributed by atoms with van der Waals surface area (Å²) in [6.07, 6.45) is 5.92. The van der Waals surface area contributed by atoms with Gasteiger partial charge in [-0.2, -0.15) is 0 Å². The van der Waals surface area contributed by atoms with E-state index in [1.807, 2.05) is 6.07 Å². The van der Waals surface area contributed by atoms with Crippen LogP contribution in [0.5, 0.6) is 0 Å². The quantitative estimate of drug-likeness (QED) is 0.820. The minimum atomic E-state index is -0.260. The third-order valence-corrected chi connectivity index (χ3v) is 4.05. The Hall–Kier alpha value is -0.910. The Morgan fingerprint density at radius 3 is 2.67 bits per heavy atom. The third kappa shape index (κ3) is 2.43. The van der Waals surface area contributed by atoms with Crippen molar-refractivity contribution < 1.29 is 14.0 Å². The van der Waals surface area contributed by atoms with Crippen molar-refractivity contribution in [2.24, 2.45) is 0 Å². The first-order chi connectivity index (χ1) is 8.77. The van der Waals surface area contributed by atoms with E-state index in [0.717, 1.165) is 51.2 Å². The van der Waals surface area contributed by atoms with Crippen LogP contribution in [0.25, 0.3) is 0 Å². The summed E-state index contributed by atoms with van der Waals surface area (Å²) >= 11 is 0. The minimum Gasteiger partial charge on any atom is -0.360 e. The summed E-state index contributed by atoms with van der Waals surface area (Å²) < 4.78 is 16.6. The van der Waals surface area contributed by atoms with Crippen LogP contribution in [0.1, 0.15) is 31.4 Å². The molecule has 1 aromatic rings. The Bertz CT molecular complexity index is 364. The fourth-order valence-electron chi connectivity index (χ4n) is 2.97. The van der Waals surface area contributed by atoms with E-state index < -0.39 is 0 Å². The van der Waals surface area contributed by atoms with Crippen LogP contribution in [0.15, 0.2) is 16.8 Å². The number of nitrogens with zero attached hydrogens (tertiary/aromatic N) is 2. The maximum absolute atomic E-state index is 5.75. The van der Waals surface area contributed by atoms with Crippen LogP contribution in [0.2, 0.25) is 0 Å². The summed E-state index contributed by atoms with van der Waals surface area (Å²) in [6.45, 7) is 2.32. The summed E-state index contributed by atoms with van der Waals surface area (Å²) in [7, 11) is 2.14. The molecule has 3 rings (SSSR count). The van der Waals surface area contributed by atoms with Gasteiger partial charge in [0, 0.05) is 24.9 Å². The van der Waals surface area contributed by atoms with Crippen LogP contribution in [0.4, 0.5) is 0 Å². The van der Waals surface area contributed by atoms with Crippen LogP contribution in [-0.2, 0) is 16.0 Å². The molecule has 1 aromatic heterocycles. The highest BCUT2D eigenvalue weighted by molar-refractivity contribution is 4.94. The van der Waals surface area contributed by atoms with Gasteiger partial charge < -0.3 is 14.0 Å². The molecule has 1 aliphatic heterocycles. The van der Waals surface area contributed by atoms with Gasteiger partial charge in [-0.05, 0) is 19.9 Å². The molecule has 2 fully saturated rings. The van der Waals surface area contributed by atoms with E-state index in [1.165, 1.54) is 0 Å². The first kappa shape index (κ1) is 12.1. The Balaban J connectivity index is 1.52. The average Bonchev–Trinajstić information content (AvgIpc) is 3.03. The lowest BCUT2D eigenvalue weighted by molar-refractivity contribution is -0.183. The maximum Gasteiger partial charge on any atom is 0.168 e. The molecule has 0 unspecified atom stereocenters. The van der Waals surface area contributed by atoms with Crippen LogP contribution in [0, 0.1) is 0 Å². The van der Waals surface area contributed by atoms with Gasteiger partial charge in [0.1, 0.15) is 0 Å². The third-order valence-electron chi connectivity index (χ3n) is 4.05. The summed E-state index contributed by atoms with van der Waals surface area (Å²) in [5.74, 6) is 0.662. The highest BCUT2D eigenvalue weighted by Gasteiger charge is 2.41. The molecule has 0 aromatic carbocycles. The van der Waals surface area contributed by atoms with E-state index in [1.54, 1.807) is 6.20 Å². The largest absolute Gasteiger partial charge is 0.360 e. The zero-order chi connectivity index (χ0) is 12.4. The Labute approximate surface area is 107 Å². The van der Waals surface area contributed by atoms with Crippen molar-refractivity contribution in [1.82, 2.24) is 10.1 Å². The second kappa shape index (κ2) is 4.99. The fourth-order valence-corrected chi connectivity index (χ4v) is 2.97. The number of rotatable bonds is 3. The molecule has 18 heavy (non-hydrogen) atoms. The minimum absolute atomic E-state index is 0.260. The topological polar surface area (TPSA) is 47.7 Å². The molecule has 2 aliphatic rings. The van der Waals surface area contributed by atoms with Crippen molar-refractivity contribution in [2.45, 2.75) is 44.1 Å². The Morgan fingerprint density at radius 1 is 1.33 bits per heavy atom. The molecule has 0 radical (unpaired) electrons. The SMILES string of the molecule is CN(Cc1ccno1)C1CCC2(CC1)OCCO2. The first-order valence-corrected chi connectivity index (χ1v) is 6.65. The lowest BCUT2D eigenvalue weighted by atomic mass is 9.89. The molecule has 100 valence electrons. The number of ether oxygens (including phenoxy) is 2. The van der Waals surface area contributed by atoms with Gasteiger partial charge in [-0.3, -0.25) is 4.90 Å². The maximum atomic E-state index is 5.75. The van der Waals surface area contributed by atoms with Crippen molar-refractivity contribution in [1.29, 1.82) is 0 Å². The van der Waals surface area contributed by atoms with E-state index in [2.05, 4.69) is 17.1 Å². The van der Waals surface area contributed by atoms with Crippen LogP contribution < -0.4 is 0 Å². The summed E-state index contributed by atoms with van der Waals surface area (Å²) in [5.41, 5.74) is 0. The lowest BCUT2D eigenvalue weighted by Crippen LogP contribution is -2.42. The van der Waals surface area contributed by atoms with E-state index in [9.17, 15) is 0 Å². The van der Waals surface area contributed by atoms with Crippen molar-refractivity contribution in [2.75, 3.05) is 20.3 Å². The Kier molecular flexibility index (Phi) is 3.37. The molecule has 1 saturated heterocycles. The number of hydrogen-bond donors (Lipinski definition) is 0. The van der Waals surface area contributed by atoms with Gasteiger partial charge in [0.15, 0.2) is 11.5 Å². The molecule has 0 N–H and O–H groups in total. The highest BCUT2D eigenvalue weighted by Crippen LogP contribution is 2.37. The molecule has 1 saturated carbocycles. The van der Waals surface area contributed by atoms with E-state index in [4.69, 9.17) is 14.0 Å². The molecule has 1 aliphatic carbocycles. The highest BCUT2D eigenvalue weighted by atomic mass is 16.7. The molecule has 0 bridgehead atoms. The predicted molar refractivity (Wildman–Crippen MR) is 64.9 cm³/mol. The molecule has 0 atom stereocenters. The fraction of sp³-hybridized carbons (Fsp3) is 0.769. The van der Waals surface area contributed by atoms with Gasteiger partial charge in [0.05, 0.1) is 26.0 Å². The molecular formula is C13H20N2O3. The van der Waals surface area contributed by atoms with Crippen LogP contribution in [0.3, 0.4) is 0 Å². The number of hydrogen-bond acceptors (Lipinski definition) is 5. The monoisotopic (exact) mass is 252 g/mol. The second-order valence-electron chi connectivity index (χ2n) is 5.23. The first-order valence-electron chi connectivity index (χ1n) is 6.65. The normalized spacial score (nSPS) is 24.1. The van der Waals surface area contributed by atoms with Gasteiger partial charge in [0.2, 0.25) is 0 Å². The lowest BCUT2D eigenvalue weighted by Gasteiger charge is -2.38. The summed E-state index contributed by atoms with van der Waals surface area (Å²) in [6, 6.07) is 2.50. The number of aromatic nitrogens is 1. The molecular weight excluding hydrogens is 232 g/mol. The standard InChI is InChI=1S/C13H20N2O3/c1-15(10-12-4-7-14-18-12)11-2-5-13(6-3-11)16-8-9-17-13/h4,7,11H,2-3,5-6,8-10H2,1H3. The van der Waals surface area contributed by atoms with Crippen LogP contribution in [-0.4, -0.2) is 42.1 Å².